The van der Waals surface area contributed by atoms with Crippen molar-refractivity contribution < 1.29 is 14.3 Å². The fraction of sp³-hybridized carbons (Fsp3) is 0.125. The van der Waals surface area contributed by atoms with Crippen LogP contribution in [0.2, 0.25) is 0 Å². The summed E-state index contributed by atoms with van der Waals surface area (Å²) >= 11 is 0. The molecule has 0 atom stereocenters. The van der Waals surface area contributed by atoms with Crippen LogP contribution in [0.4, 0.5) is 0 Å². The Morgan fingerprint density at radius 2 is 2.45 bits per heavy atom. The van der Waals surface area contributed by atoms with Gasteiger partial charge in [0.05, 0.1) is 6.26 Å². The number of aryl methyl sites for hydroxylation is 1. The van der Waals surface area contributed by atoms with Crippen LogP contribution in [0.25, 0.3) is 6.08 Å². The van der Waals surface area contributed by atoms with E-state index in [1.165, 1.54) is 12.3 Å². The van der Waals surface area contributed by atoms with E-state index in [-0.39, 0.29) is 0 Å². The molecular weight excluding hydrogens is 144 g/mol. The second-order valence-corrected chi connectivity index (χ2v) is 2.14. The van der Waals surface area contributed by atoms with E-state index in [9.17, 15) is 4.79 Å². The molecule has 0 saturated heterocycles. The van der Waals surface area contributed by atoms with Crippen LogP contribution in [0.15, 0.2) is 22.8 Å². The van der Waals surface area contributed by atoms with Crippen LogP contribution in [0.3, 0.4) is 0 Å². The van der Waals surface area contributed by atoms with Crippen LogP contribution in [0.5, 0.6) is 0 Å². The maximum atomic E-state index is 10.1. The van der Waals surface area contributed by atoms with Crippen LogP contribution in [-0.2, 0) is 4.79 Å². The lowest BCUT2D eigenvalue weighted by Gasteiger charge is -1.85. The highest BCUT2D eigenvalue weighted by Crippen LogP contribution is 2.09. The number of carbonyl (C=O) groups is 1. The van der Waals surface area contributed by atoms with Crippen molar-refractivity contribution >= 4 is 12.0 Å². The summed E-state index contributed by atoms with van der Waals surface area (Å²) in [4.78, 5) is 10.1. The minimum atomic E-state index is -0.971. The number of carboxylic acids is 1. The summed E-state index contributed by atoms with van der Waals surface area (Å²) in [6.07, 6.45) is 4.00. The maximum Gasteiger partial charge on any atom is 0.328 e. The molecular formula is C8H8O3. The van der Waals surface area contributed by atoms with Crippen LogP contribution < -0.4 is 0 Å². The van der Waals surface area contributed by atoms with Crippen LogP contribution in [0, 0.1) is 6.92 Å². The van der Waals surface area contributed by atoms with Crippen molar-refractivity contribution in [1.82, 2.24) is 0 Å². The van der Waals surface area contributed by atoms with E-state index in [4.69, 9.17) is 9.52 Å². The first-order valence-corrected chi connectivity index (χ1v) is 3.15. The molecule has 58 valence electrons. The third kappa shape index (κ3) is 1.97. The first kappa shape index (κ1) is 7.60. The van der Waals surface area contributed by atoms with E-state index in [1.54, 1.807) is 6.07 Å². The summed E-state index contributed by atoms with van der Waals surface area (Å²) in [6, 6.07) is 1.78. The smallest absolute Gasteiger partial charge is 0.328 e. The molecule has 0 saturated carbocycles. The van der Waals surface area contributed by atoms with Gasteiger partial charge in [0.15, 0.2) is 0 Å². The van der Waals surface area contributed by atoms with Gasteiger partial charge in [-0.15, -0.1) is 0 Å². The number of hydrogen-bond donors (Lipinski definition) is 1. The van der Waals surface area contributed by atoms with Gasteiger partial charge >= 0.3 is 5.97 Å². The average Bonchev–Trinajstić information content (AvgIpc) is 2.31. The molecule has 3 heteroatoms. The van der Waals surface area contributed by atoms with Gasteiger partial charge in [-0.05, 0) is 24.6 Å². The highest BCUT2D eigenvalue weighted by molar-refractivity contribution is 5.84. The van der Waals surface area contributed by atoms with Gasteiger partial charge in [-0.2, -0.15) is 0 Å². The van der Waals surface area contributed by atoms with Crippen molar-refractivity contribution in [2.45, 2.75) is 6.92 Å². The molecule has 0 aromatic carbocycles. The van der Waals surface area contributed by atoms with E-state index < -0.39 is 5.97 Å². The Balaban J connectivity index is 2.79. The first-order valence-electron chi connectivity index (χ1n) is 3.15. The number of rotatable bonds is 2. The minimum Gasteiger partial charge on any atom is -0.478 e. The fourth-order valence-corrected chi connectivity index (χ4v) is 0.702. The molecule has 0 aliphatic rings. The van der Waals surface area contributed by atoms with Crippen LogP contribution in [-0.4, -0.2) is 11.1 Å². The second-order valence-electron chi connectivity index (χ2n) is 2.14. The van der Waals surface area contributed by atoms with Crippen molar-refractivity contribution in [3.63, 3.8) is 0 Å². The Morgan fingerprint density at radius 1 is 1.73 bits per heavy atom. The van der Waals surface area contributed by atoms with E-state index >= 15 is 0 Å². The van der Waals surface area contributed by atoms with Gasteiger partial charge in [-0.1, -0.05) is 0 Å². The molecule has 0 aliphatic carbocycles. The molecule has 3 nitrogen and oxygen atoms in total. The lowest BCUT2D eigenvalue weighted by atomic mass is 10.3. The highest BCUT2D eigenvalue weighted by atomic mass is 16.4. The molecule has 0 fully saturated rings. The van der Waals surface area contributed by atoms with Gasteiger partial charge in [-0.25, -0.2) is 4.79 Å². The van der Waals surface area contributed by atoms with Crippen molar-refractivity contribution in [1.29, 1.82) is 0 Å². The fourth-order valence-electron chi connectivity index (χ4n) is 0.702. The summed E-state index contributed by atoms with van der Waals surface area (Å²) in [7, 11) is 0. The molecule has 0 radical (unpaired) electrons. The van der Waals surface area contributed by atoms with E-state index in [1.807, 2.05) is 6.92 Å². The zero-order valence-corrected chi connectivity index (χ0v) is 6.07. The molecule has 1 N–H and O–H groups in total. The molecule has 0 bridgehead atoms. The van der Waals surface area contributed by atoms with Crippen molar-refractivity contribution in [2.24, 2.45) is 0 Å². The summed E-state index contributed by atoms with van der Waals surface area (Å²) in [5.74, 6) is -0.381. The molecule has 11 heavy (non-hydrogen) atoms. The van der Waals surface area contributed by atoms with Gasteiger partial charge in [0.2, 0.25) is 0 Å². The SMILES string of the molecule is Cc1ccoc1C=CC(=O)O. The molecule has 1 aromatic heterocycles. The van der Waals surface area contributed by atoms with Gasteiger partial charge in [0.1, 0.15) is 5.76 Å². The zero-order valence-electron chi connectivity index (χ0n) is 6.07. The largest absolute Gasteiger partial charge is 0.478 e. The average molecular weight is 152 g/mol. The van der Waals surface area contributed by atoms with Crippen molar-refractivity contribution in [3.8, 4) is 0 Å². The number of aliphatic carboxylic acids is 1. The lowest BCUT2D eigenvalue weighted by molar-refractivity contribution is -0.131. The predicted molar refractivity (Wildman–Crippen MR) is 40.1 cm³/mol. The van der Waals surface area contributed by atoms with Gasteiger partial charge in [0.25, 0.3) is 0 Å². The first-order chi connectivity index (χ1) is 5.20. The van der Waals surface area contributed by atoms with Crippen LogP contribution >= 0.6 is 0 Å². The van der Waals surface area contributed by atoms with Gasteiger partial charge in [0, 0.05) is 6.08 Å². The number of carboxylic acid groups (broad SMARTS) is 1. The van der Waals surface area contributed by atoms with Crippen molar-refractivity contribution in [2.75, 3.05) is 0 Å². The Hall–Kier alpha value is -1.51. The summed E-state index contributed by atoms with van der Waals surface area (Å²) < 4.78 is 4.96. The lowest BCUT2D eigenvalue weighted by Crippen LogP contribution is -1.85. The quantitative estimate of drug-likeness (QED) is 0.656. The molecule has 0 unspecified atom stereocenters. The molecule has 0 aliphatic heterocycles. The molecule has 1 heterocycles. The monoisotopic (exact) mass is 152 g/mol. The highest BCUT2D eigenvalue weighted by Gasteiger charge is 1.96. The summed E-state index contributed by atoms with van der Waals surface area (Å²) in [5.41, 5.74) is 0.933. The number of furan rings is 1. The molecule has 0 spiro atoms. The second kappa shape index (κ2) is 3.05. The normalized spacial score (nSPS) is 10.6. The van der Waals surface area contributed by atoms with Gasteiger partial charge < -0.3 is 9.52 Å². The Bertz CT molecular complexity index is 283. The summed E-state index contributed by atoms with van der Waals surface area (Å²) in [6.45, 7) is 1.85. The Kier molecular flexibility index (Phi) is 2.11. The van der Waals surface area contributed by atoms with E-state index in [2.05, 4.69) is 0 Å². The third-order valence-corrected chi connectivity index (χ3v) is 1.28. The third-order valence-electron chi connectivity index (χ3n) is 1.28. The Labute approximate surface area is 64.0 Å². The molecule has 0 amide bonds. The Morgan fingerprint density at radius 3 is 2.91 bits per heavy atom. The van der Waals surface area contributed by atoms with E-state index in [0.717, 1.165) is 11.6 Å². The standard InChI is InChI=1S/C8H8O3/c1-6-4-5-11-7(6)2-3-8(9)10/h2-5H,1H3,(H,9,10). The number of hydrogen-bond acceptors (Lipinski definition) is 2. The maximum absolute atomic E-state index is 10.1. The summed E-state index contributed by atoms with van der Waals surface area (Å²) in [5, 5.41) is 8.27. The van der Waals surface area contributed by atoms with Crippen molar-refractivity contribution in [3.05, 3.63) is 29.7 Å². The minimum absolute atomic E-state index is 0.590. The predicted octanol–water partition coefficient (Wildman–Crippen LogP) is 1.69. The van der Waals surface area contributed by atoms with Crippen LogP contribution in [0.1, 0.15) is 11.3 Å². The molecule has 1 rings (SSSR count). The van der Waals surface area contributed by atoms with E-state index in [0.29, 0.717) is 5.76 Å². The molecule has 1 aromatic rings. The van der Waals surface area contributed by atoms with Gasteiger partial charge in [-0.3, -0.25) is 0 Å². The topological polar surface area (TPSA) is 50.4 Å². The zero-order chi connectivity index (χ0) is 8.27.